The lowest BCUT2D eigenvalue weighted by Crippen LogP contribution is -2.19. The minimum absolute atomic E-state index is 0.243. The van der Waals surface area contributed by atoms with Crippen molar-refractivity contribution in [3.8, 4) is 17.2 Å². The van der Waals surface area contributed by atoms with Crippen LogP contribution in [0.1, 0.15) is 30.5 Å². The zero-order valence-electron chi connectivity index (χ0n) is 19.2. The van der Waals surface area contributed by atoms with E-state index in [0.717, 1.165) is 16.7 Å². The van der Waals surface area contributed by atoms with Gasteiger partial charge < -0.3 is 14.6 Å². The molecule has 0 aromatic heterocycles. The van der Waals surface area contributed by atoms with Crippen molar-refractivity contribution in [2.75, 3.05) is 5.32 Å². The Morgan fingerprint density at radius 3 is 1.94 bits per heavy atom. The van der Waals surface area contributed by atoms with Crippen LogP contribution >= 0.6 is 0 Å². The van der Waals surface area contributed by atoms with Crippen LogP contribution < -0.4 is 14.8 Å². The van der Waals surface area contributed by atoms with Crippen LogP contribution in [0.4, 0.5) is 10.5 Å². The van der Waals surface area contributed by atoms with E-state index in [1.54, 1.807) is 36.4 Å². The van der Waals surface area contributed by atoms with E-state index >= 15 is 0 Å². The Bertz CT molecular complexity index is 1220. The van der Waals surface area contributed by atoms with Crippen molar-refractivity contribution < 1.29 is 19.4 Å². The Balaban J connectivity index is 1.32. The molecule has 0 spiro atoms. The van der Waals surface area contributed by atoms with Crippen LogP contribution in [0.2, 0.25) is 0 Å². The molecule has 0 unspecified atom stereocenters. The Hall–Kier alpha value is -4.25. The van der Waals surface area contributed by atoms with E-state index < -0.39 is 6.09 Å². The maximum Gasteiger partial charge on any atom is 0.417 e. The molecule has 0 saturated carbocycles. The summed E-state index contributed by atoms with van der Waals surface area (Å²) in [4.78, 5) is 12.3. The van der Waals surface area contributed by atoms with Crippen molar-refractivity contribution in [1.82, 2.24) is 0 Å². The second kappa shape index (κ2) is 10.1. The number of nitrogens with one attached hydrogen (secondary N) is 1. The van der Waals surface area contributed by atoms with Crippen molar-refractivity contribution >= 4 is 11.8 Å². The molecule has 2 N–H and O–H groups in total. The minimum Gasteiger partial charge on any atom is -0.508 e. The van der Waals surface area contributed by atoms with E-state index in [-0.39, 0.29) is 11.2 Å². The van der Waals surface area contributed by atoms with Crippen LogP contribution in [0.5, 0.6) is 17.2 Å². The second-order valence-corrected chi connectivity index (χ2v) is 8.51. The molecular weight excluding hydrogens is 426 g/mol. The Kier molecular flexibility index (Phi) is 6.83. The molecule has 0 aliphatic heterocycles. The molecule has 34 heavy (non-hydrogen) atoms. The number of ether oxygens (including phenoxy) is 2. The number of phenolic OH excluding ortho intramolecular Hbond substituents is 1. The zero-order valence-corrected chi connectivity index (χ0v) is 19.2. The summed E-state index contributed by atoms with van der Waals surface area (Å²) < 4.78 is 11.1. The highest BCUT2D eigenvalue weighted by Crippen LogP contribution is 2.33. The van der Waals surface area contributed by atoms with Crippen LogP contribution in [-0.2, 0) is 12.0 Å². The van der Waals surface area contributed by atoms with Gasteiger partial charge in [-0.1, -0.05) is 68.4 Å². The highest BCUT2D eigenvalue weighted by Gasteiger charge is 2.23. The average molecular weight is 454 g/mol. The predicted octanol–water partition coefficient (Wildman–Crippen LogP) is 6.91. The molecule has 4 aromatic carbocycles. The normalized spacial score (nSPS) is 11.0. The standard InChI is InChI=1S/C29H27NO4/c1-29(2,23-10-14-25(31)15-11-23)22-8-12-24(13-9-22)30-28(32)34-27-18-16-26(17-19-27)33-20-21-6-4-3-5-7-21/h3-19,31H,20H2,1-2H3,(H,30,32). The number of amides is 1. The molecule has 5 nitrogen and oxygen atoms in total. The smallest absolute Gasteiger partial charge is 0.417 e. The van der Waals surface area contributed by atoms with Crippen molar-refractivity contribution in [2.45, 2.75) is 25.9 Å². The van der Waals surface area contributed by atoms with Gasteiger partial charge in [-0.2, -0.15) is 0 Å². The monoisotopic (exact) mass is 453 g/mol. The number of aromatic hydroxyl groups is 1. The fraction of sp³-hybridized carbons (Fsp3) is 0.138. The van der Waals surface area contributed by atoms with Gasteiger partial charge in [0.15, 0.2) is 0 Å². The van der Waals surface area contributed by atoms with Gasteiger partial charge in [0.1, 0.15) is 23.9 Å². The summed E-state index contributed by atoms with van der Waals surface area (Å²) >= 11 is 0. The summed E-state index contributed by atoms with van der Waals surface area (Å²) in [7, 11) is 0. The lowest BCUT2D eigenvalue weighted by Gasteiger charge is -2.26. The Morgan fingerprint density at radius 2 is 1.32 bits per heavy atom. The molecule has 4 rings (SSSR count). The highest BCUT2D eigenvalue weighted by atomic mass is 16.6. The second-order valence-electron chi connectivity index (χ2n) is 8.51. The molecule has 5 heteroatoms. The fourth-order valence-electron chi connectivity index (χ4n) is 3.61. The lowest BCUT2D eigenvalue weighted by molar-refractivity contribution is 0.215. The van der Waals surface area contributed by atoms with Gasteiger partial charge in [0.2, 0.25) is 0 Å². The summed E-state index contributed by atoms with van der Waals surface area (Å²) in [5.74, 6) is 1.37. The first kappa shape index (κ1) is 22.9. The van der Waals surface area contributed by atoms with Crippen molar-refractivity contribution in [3.05, 3.63) is 120 Å². The fourth-order valence-corrected chi connectivity index (χ4v) is 3.61. The summed E-state index contributed by atoms with van der Waals surface area (Å²) in [6.45, 7) is 4.70. The number of benzene rings is 4. The molecule has 0 atom stereocenters. The molecule has 0 aliphatic carbocycles. The van der Waals surface area contributed by atoms with Gasteiger partial charge in [-0.25, -0.2) is 4.79 Å². The van der Waals surface area contributed by atoms with Crippen molar-refractivity contribution in [2.24, 2.45) is 0 Å². The van der Waals surface area contributed by atoms with Crippen LogP contribution in [0.3, 0.4) is 0 Å². The molecule has 4 aromatic rings. The van der Waals surface area contributed by atoms with E-state index in [0.29, 0.717) is 23.8 Å². The molecule has 0 radical (unpaired) electrons. The molecule has 1 amide bonds. The van der Waals surface area contributed by atoms with Gasteiger partial charge in [0.05, 0.1) is 0 Å². The lowest BCUT2D eigenvalue weighted by atomic mass is 9.78. The van der Waals surface area contributed by atoms with E-state index in [2.05, 4.69) is 19.2 Å². The third kappa shape index (κ3) is 5.75. The van der Waals surface area contributed by atoms with Gasteiger partial charge >= 0.3 is 6.09 Å². The maximum absolute atomic E-state index is 12.3. The Morgan fingerprint density at radius 1 is 0.765 bits per heavy atom. The number of hydrogen-bond donors (Lipinski definition) is 2. The van der Waals surface area contributed by atoms with Crippen LogP contribution in [-0.4, -0.2) is 11.2 Å². The molecule has 0 aliphatic rings. The minimum atomic E-state index is -0.566. The predicted molar refractivity (Wildman–Crippen MR) is 134 cm³/mol. The molecule has 0 fully saturated rings. The number of hydrogen-bond acceptors (Lipinski definition) is 4. The van der Waals surface area contributed by atoms with Crippen LogP contribution in [0.15, 0.2) is 103 Å². The van der Waals surface area contributed by atoms with E-state index in [1.165, 1.54) is 0 Å². The van der Waals surface area contributed by atoms with Gasteiger partial charge in [0.25, 0.3) is 0 Å². The number of rotatable bonds is 7. The van der Waals surface area contributed by atoms with E-state index in [9.17, 15) is 9.90 Å². The molecule has 0 bridgehead atoms. The van der Waals surface area contributed by atoms with Gasteiger partial charge in [0, 0.05) is 11.1 Å². The SMILES string of the molecule is CC(C)(c1ccc(O)cc1)c1ccc(NC(=O)Oc2ccc(OCc3ccccc3)cc2)cc1. The molecular formula is C29H27NO4. The first-order valence-electron chi connectivity index (χ1n) is 11.1. The molecule has 0 heterocycles. The van der Waals surface area contributed by atoms with E-state index in [1.807, 2.05) is 66.7 Å². The maximum atomic E-state index is 12.3. The topological polar surface area (TPSA) is 67.8 Å². The first-order chi connectivity index (χ1) is 16.4. The highest BCUT2D eigenvalue weighted by molar-refractivity contribution is 5.86. The molecule has 0 saturated heterocycles. The zero-order chi connectivity index (χ0) is 24.0. The number of carbonyl (C=O) groups is 1. The van der Waals surface area contributed by atoms with Crippen molar-refractivity contribution in [3.63, 3.8) is 0 Å². The largest absolute Gasteiger partial charge is 0.508 e. The Labute approximate surface area is 199 Å². The van der Waals surface area contributed by atoms with Gasteiger partial charge in [-0.15, -0.1) is 0 Å². The van der Waals surface area contributed by atoms with Crippen LogP contribution in [0.25, 0.3) is 0 Å². The third-order valence-electron chi connectivity index (χ3n) is 5.72. The molecule has 172 valence electrons. The first-order valence-corrected chi connectivity index (χ1v) is 11.1. The number of carbonyl (C=O) groups excluding carboxylic acids is 1. The third-order valence-corrected chi connectivity index (χ3v) is 5.72. The van der Waals surface area contributed by atoms with Crippen molar-refractivity contribution in [1.29, 1.82) is 0 Å². The van der Waals surface area contributed by atoms with Gasteiger partial charge in [-0.05, 0) is 65.2 Å². The van der Waals surface area contributed by atoms with Gasteiger partial charge in [-0.3, -0.25) is 5.32 Å². The quantitative estimate of drug-likeness (QED) is 0.319. The number of anilines is 1. The number of phenols is 1. The van der Waals surface area contributed by atoms with E-state index in [4.69, 9.17) is 9.47 Å². The summed E-state index contributed by atoms with van der Waals surface area (Å²) in [6.07, 6.45) is -0.566. The summed E-state index contributed by atoms with van der Waals surface area (Å²) in [5, 5.41) is 12.3. The summed E-state index contributed by atoms with van der Waals surface area (Å²) in [6, 6.07) is 31.7. The average Bonchev–Trinajstić information content (AvgIpc) is 2.85. The van der Waals surface area contributed by atoms with Crippen LogP contribution in [0, 0.1) is 0 Å². The summed E-state index contributed by atoms with van der Waals surface area (Å²) in [5.41, 5.74) is 3.64.